The number of hydrogen-bond donors (Lipinski definition) is 0. The Morgan fingerprint density at radius 3 is 2.68 bits per heavy atom. The van der Waals surface area contributed by atoms with Gasteiger partial charge in [0.25, 0.3) is 0 Å². The van der Waals surface area contributed by atoms with Crippen molar-refractivity contribution >= 4 is 39.6 Å². The van der Waals surface area contributed by atoms with Gasteiger partial charge < -0.3 is 0 Å². The third-order valence-electron chi connectivity index (χ3n) is 2.95. The van der Waals surface area contributed by atoms with Gasteiger partial charge >= 0.3 is 0 Å². The van der Waals surface area contributed by atoms with Crippen LogP contribution in [0.4, 0.5) is 0 Å². The number of Topliss-reactive ketones (excluding diaryl/α,β-unsaturated/α-hetero) is 1. The summed E-state index contributed by atoms with van der Waals surface area (Å²) in [6.07, 6.45) is 1.93. The monoisotopic (exact) mass is 288 g/mol. The number of thiophene rings is 1. The molecule has 0 saturated heterocycles. The lowest BCUT2D eigenvalue weighted by molar-refractivity contribution is -0.657. The Kier molecular flexibility index (Phi) is 3.32. The van der Waals surface area contributed by atoms with Crippen molar-refractivity contribution in [2.24, 2.45) is 0 Å². The second-order valence-corrected chi connectivity index (χ2v) is 5.94. The number of fused-ring (bicyclic) bond motifs is 1. The maximum absolute atomic E-state index is 12.2. The summed E-state index contributed by atoms with van der Waals surface area (Å²) in [5.74, 6) is 0.0817. The van der Waals surface area contributed by atoms with E-state index in [2.05, 4.69) is 0 Å². The summed E-state index contributed by atoms with van der Waals surface area (Å²) in [5.41, 5.74) is 1.06. The quantitative estimate of drug-likeness (QED) is 0.531. The highest BCUT2D eigenvalue weighted by Gasteiger charge is 2.16. The van der Waals surface area contributed by atoms with E-state index in [-0.39, 0.29) is 5.78 Å². The minimum absolute atomic E-state index is 0.0817. The van der Waals surface area contributed by atoms with Crippen LogP contribution in [0.15, 0.2) is 54.7 Å². The molecule has 94 valence electrons. The van der Waals surface area contributed by atoms with Gasteiger partial charge in [-0.3, -0.25) is 4.79 Å². The average Bonchev–Trinajstić information content (AvgIpc) is 2.86. The molecule has 0 aliphatic rings. The van der Waals surface area contributed by atoms with Crippen molar-refractivity contribution in [1.82, 2.24) is 0 Å². The Balaban J connectivity index is 1.95. The maximum atomic E-state index is 12.2. The van der Waals surface area contributed by atoms with Crippen LogP contribution in [0.5, 0.6) is 0 Å². The van der Waals surface area contributed by atoms with Gasteiger partial charge in [0, 0.05) is 17.5 Å². The maximum Gasteiger partial charge on any atom is 0.237 e. The highest BCUT2D eigenvalue weighted by Crippen LogP contribution is 2.21. The Hall–Kier alpha value is -1.71. The fourth-order valence-corrected chi connectivity index (χ4v) is 3.03. The number of halogens is 1. The Morgan fingerprint density at radius 2 is 1.89 bits per heavy atom. The molecule has 0 N–H and O–H groups in total. The molecular weight excluding hydrogens is 278 g/mol. The van der Waals surface area contributed by atoms with Crippen LogP contribution in [-0.2, 0) is 6.54 Å². The molecule has 3 rings (SSSR count). The predicted octanol–water partition coefficient (Wildman–Crippen LogP) is 3.73. The number of nitrogens with zero attached hydrogens (tertiary/aromatic N) is 1. The number of carbonyl (C=O) groups is 1. The normalized spacial score (nSPS) is 10.8. The van der Waals surface area contributed by atoms with E-state index in [0.717, 1.165) is 10.9 Å². The van der Waals surface area contributed by atoms with Crippen molar-refractivity contribution in [2.75, 3.05) is 0 Å². The van der Waals surface area contributed by atoms with Gasteiger partial charge in [-0.05, 0) is 24.3 Å². The van der Waals surface area contributed by atoms with Crippen LogP contribution >= 0.6 is 22.9 Å². The molecule has 2 heterocycles. The third-order valence-corrected chi connectivity index (χ3v) is 4.22. The molecule has 0 aliphatic heterocycles. The fourth-order valence-electron chi connectivity index (χ4n) is 2.06. The van der Waals surface area contributed by atoms with Crippen LogP contribution in [0.3, 0.4) is 0 Å². The van der Waals surface area contributed by atoms with Crippen LogP contribution in [0.1, 0.15) is 9.67 Å². The largest absolute Gasteiger partial charge is 0.286 e. The van der Waals surface area contributed by atoms with E-state index in [9.17, 15) is 4.79 Å². The summed E-state index contributed by atoms with van der Waals surface area (Å²) in [5, 5.41) is 1.13. The topological polar surface area (TPSA) is 20.9 Å². The van der Waals surface area contributed by atoms with Gasteiger partial charge in [0.15, 0.2) is 6.20 Å². The molecule has 0 fully saturated rings. The van der Waals surface area contributed by atoms with Gasteiger partial charge in [-0.1, -0.05) is 23.7 Å². The first-order valence-electron chi connectivity index (χ1n) is 5.90. The lowest BCUT2D eigenvalue weighted by Crippen LogP contribution is -2.38. The van der Waals surface area contributed by atoms with Crippen LogP contribution in [-0.4, -0.2) is 5.78 Å². The number of hydrogen-bond acceptors (Lipinski definition) is 2. The summed E-state index contributed by atoms with van der Waals surface area (Å²) in [7, 11) is 0. The van der Waals surface area contributed by atoms with Gasteiger partial charge in [-0.15, -0.1) is 11.3 Å². The zero-order valence-electron chi connectivity index (χ0n) is 10.0. The third kappa shape index (κ3) is 2.53. The Morgan fingerprint density at radius 1 is 1.11 bits per heavy atom. The van der Waals surface area contributed by atoms with Gasteiger partial charge in [0.2, 0.25) is 17.8 Å². The van der Waals surface area contributed by atoms with Crippen molar-refractivity contribution in [3.63, 3.8) is 0 Å². The van der Waals surface area contributed by atoms with Crippen molar-refractivity contribution < 1.29 is 9.36 Å². The number of para-hydroxylation sites is 1. The summed E-state index contributed by atoms with van der Waals surface area (Å²) in [4.78, 5) is 12.9. The predicted molar refractivity (Wildman–Crippen MR) is 77.8 cm³/mol. The van der Waals surface area contributed by atoms with E-state index >= 15 is 0 Å². The van der Waals surface area contributed by atoms with Crippen molar-refractivity contribution in [3.05, 3.63) is 63.9 Å². The molecular formula is C15H11ClNOS+. The highest BCUT2D eigenvalue weighted by molar-refractivity contribution is 7.18. The molecule has 4 heteroatoms. The smallest absolute Gasteiger partial charge is 0.237 e. The molecule has 0 saturated carbocycles. The molecule has 0 aliphatic carbocycles. The summed E-state index contributed by atoms with van der Waals surface area (Å²) in [6, 6.07) is 15.6. The second-order valence-electron chi connectivity index (χ2n) is 4.22. The average molecular weight is 289 g/mol. The summed E-state index contributed by atoms with van der Waals surface area (Å²) >= 11 is 7.19. The number of rotatable bonds is 3. The molecule has 0 unspecified atom stereocenters. The molecule has 0 atom stereocenters. The molecule has 2 aromatic heterocycles. The highest BCUT2D eigenvalue weighted by atomic mass is 35.5. The van der Waals surface area contributed by atoms with Crippen LogP contribution in [0.2, 0.25) is 4.34 Å². The molecule has 0 radical (unpaired) electrons. The van der Waals surface area contributed by atoms with Crippen LogP contribution < -0.4 is 4.57 Å². The molecule has 0 amide bonds. The van der Waals surface area contributed by atoms with Crippen molar-refractivity contribution in [1.29, 1.82) is 0 Å². The van der Waals surface area contributed by atoms with Gasteiger partial charge in [0.05, 0.1) is 9.21 Å². The fraction of sp³-hybridized carbons (Fsp3) is 0.0667. The van der Waals surface area contributed by atoms with E-state index in [1.807, 2.05) is 47.2 Å². The lowest BCUT2D eigenvalue weighted by atomic mass is 10.2. The summed E-state index contributed by atoms with van der Waals surface area (Å²) in [6.45, 7) is 0.332. The minimum atomic E-state index is 0.0817. The van der Waals surface area contributed by atoms with E-state index in [1.165, 1.54) is 11.3 Å². The van der Waals surface area contributed by atoms with Crippen LogP contribution in [0.25, 0.3) is 10.9 Å². The molecule has 3 aromatic rings. The van der Waals surface area contributed by atoms with Gasteiger partial charge in [-0.2, -0.15) is 4.57 Å². The Labute approximate surface area is 119 Å². The minimum Gasteiger partial charge on any atom is -0.286 e. The standard InChI is InChI=1S/C15H11ClNOS/c16-15-8-7-14(19-15)13(18)10-17-9-3-5-11-4-1-2-6-12(11)17/h1-9H,10H2/q+1. The number of ketones is 1. The number of pyridine rings is 1. The van der Waals surface area contributed by atoms with E-state index in [1.54, 1.807) is 12.1 Å². The van der Waals surface area contributed by atoms with Crippen LogP contribution in [0, 0.1) is 0 Å². The summed E-state index contributed by atoms with van der Waals surface area (Å²) < 4.78 is 2.61. The molecule has 2 nitrogen and oxygen atoms in total. The Bertz CT molecular complexity index is 745. The van der Waals surface area contributed by atoms with E-state index < -0.39 is 0 Å². The van der Waals surface area contributed by atoms with E-state index in [4.69, 9.17) is 11.6 Å². The first kappa shape index (κ1) is 12.3. The van der Waals surface area contributed by atoms with E-state index in [0.29, 0.717) is 15.8 Å². The van der Waals surface area contributed by atoms with Gasteiger partial charge in [0.1, 0.15) is 0 Å². The SMILES string of the molecule is O=C(C[n+]1cccc2ccccc21)c1ccc(Cl)s1. The lowest BCUT2D eigenvalue weighted by Gasteiger charge is -1.99. The second kappa shape index (κ2) is 5.11. The van der Waals surface area contributed by atoms with Gasteiger partial charge in [-0.25, -0.2) is 0 Å². The zero-order valence-corrected chi connectivity index (χ0v) is 11.6. The first-order chi connectivity index (χ1) is 9.24. The number of benzene rings is 1. The number of aromatic nitrogens is 1. The van der Waals surface area contributed by atoms with Crippen molar-refractivity contribution in [2.45, 2.75) is 6.54 Å². The first-order valence-corrected chi connectivity index (χ1v) is 7.09. The molecule has 19 heavy (non-hydrogen) atoms. The van der Waals surface area contributed by atoms with Crippen molar-refractivity contribution in [3.8, 4) is 0 Å². The zero-order chi connectivity index (χ0) is 13.2. The molecule has 0 bridgehead atoms. The number of carbonyl (C=O) groups excluding carboxylic acids is 1. The molecule has 1 aromatic carbocycles. The molecule has 0 spiro atoms.